The summed E-state index contributed by atoms with van der Waals surface area (Å²) in [7, 11) is 0. The van der Waals surface area contributed by atoms with E-state index in [4.69, 9.17) is 5.73 Å². The molecule has 3 nitrogen and oxygen atoms in total. The minimum atomic E-state index is -4.24. The second-order valence-electron chi connectivity index (χ2n) is 4.84. The molecule has 0 saturated heterocycles. The van der Waals surface area contributed by atoms with Crippen LogP contribution in [-0.4, -0.2) is 16.7 Å². The minimum absolute atomic E-state index is 0.106. The molecule has 1 aliphatic carbocycles. The standard InChI is InChI=1S/C13H12F3N3/c14-13(15,16)12(4-5-12)19-10-3-6-18-11-7-8(17)1-2-9(10)11/h1-3,6-7H,4-5,17H2,(H,18,19). The molecule has 1 aromatic heterocycles. The van der Waals surface area contributed by atoms with Crippen molar-refractivity contribution in [2.24, 2.45) is 0 Å². The van der Waals surface area contributed by atoms with Gasteiger partial charge in [0.15, 0.2) is 0 Å². The quantitative estimate of drug-likeness (QED) is 0.821. The summed E-state index contributed by atoms with van der Waals surface area (Å²) in [6.45, 7) is 0. The summed E-state index contributed by atoms with van der Waals surface area (Å²) >= 11 is 0. The molecule has 0 bridgehead atoms. The molecule has 0 unspecified atom stereocenters. The topological polar surface area (TPSA) is 50.9 Å². The molecular weight excluding hydrogens is 255 g/mol. The predicted octanol–water partition coefficient (Wildman–Crippen LogP) is 3.32. The van der Waals surface area contributed by atoms with Crippen molar-refractivity contribution in [2.45, 2.75) is 24.6 Å². The molecule has 6 heteroatoms. The number of pyridine rings is 1. The Bertz CT molecular complexity index is 633. The first-order chi connectivity index (χ1) is 8.91. The minimum Gasteiger partial charge on any atom is -0.399 e. The lowest BCUT2D eigenvalue weighted by molar-refractivity contribution is -0.151. The van der Waals surface area contributed by atoms with Crippen LogP contribution in [0.4, 0.5) is 24.5 Å². The summed E-state index contributed by atoms with van der Waals surface area (Å²) < 4.78 is 38.8. The van der Waals surface area contributed by atoms with Gasteiger partial charge in [0, 0.05) is 23.0 Å². The second-order valence-corrected chi connectivity index (χ2v) is 4.84. The Morgan fingerprint density at radius 2 is 1.95 bits per heavy atom. The number of rotatable bonds is 2. The van der Waals surface area contributed by atoms with Gasteiger partial charge in [-0.25, -0.2) is 0 Å². The monoisotopic (exact) mass is 267 g/mol. The van der Waals surface area contributed by atoms with Crippen molar-refractivity contribution < 1.29 is 13.2 Å². The highest BCUT2D eigenvalue weighted by atomic mass is 19.4. The van der Waals surface area contributed by atoms with Gasteiger partial charge in [0.05, 0.1) is 5.52 Å². The molecule has 100 valence electrons. The molecule has 1 saturated carbocycles. The van der Waals surface area contributed by atoms with Crippen LogP contribution < -0.4 is 11.1 Å². The Labute approximate surface area is 107 Å². The van der Waals surface area contributed by atoms with Crippen LogP contribution in [0.5, 0.6) is 0 Å². The zero-order valence-electron chi connectivity index (χ0n) is 9.96. The molecule has 0 aliphatic heterocycles. The van der Waals surface area contributed by atoms with Gasteiger partial charge in [0.1, 0.15) is 5.54 Å². The van der Waals surface area contributed by atoms with Crippen molar-refractivity contribution in [3.05, 3.63) is 30.5 Å². The number of anilines is 2. The third kappa shape index (κ3) is 1.97. The fourth-order valence-corrected chi connectivity index (χ4v) is 2.14. The van der Waals surface area contributed by atoms with E-state index in [0.29, 0.717) is 22.3 Å². The largest absolute Gasteiger partial charge is 0.411 e. The summed E-state index contributed by atoms with van der Waals surface area (Å²) in [4.78, 5) is 4.11. The van der Waals surface area contributed by atoms with Gasteiger partial charge < -0.3 is 11.1 Å². The maximum Gasteiger partial charge on any atom is 0.411 e. The lowest BCUT2D eigenvalue weighted by Crippen LogP contribution is -2.38. The van der Waals surface area contributed by atoms with Crippen LogP contribution in [0.2, 0.25) is 0 Å². The van der Waals surface area contributed by atoms with E-state index in [1.165, 1.54) is 6.20 Å². The van der Waals surface area contributed by atoms with Gasteiger partial charge in [-0.15, -0.1) is 0 Å². The highest BCUT2D eigenvalue weighted by Gasteiger charge is 2.63. The number of halogens is 3. The summed E-state index contributed by atoms with van der Waals surface area (Å²) in [6, 6.07) is 6.55. The van der Waals surface area contributed by atoms with E-state index in [-0.39, 0.29) is 12.8 Å². The van der Waals surface area contributed by atoms with Crippen molar-refractivity contribution >= 4 is 22.3 Å². The van der Waals surface area contributed by atoms with E-state index < -0.39 is 11.7 Å². The van der Waals surface area contributed by atoms with E-state index in [1.807, 2.05) is 0 Å². The molecule has 19 heavy (non-hydrogen) atoms. The highest BCUT2D eigenvalue weighted by molar-refractivity contribution is 5.93. The fraction of sp³-hybridized carbons (Fsp3) is 0.308. The third-order valence-corrected chi connectivity index (χ3v) is 3.43. The molecule has 3 N–H and O–H groups in total. The molecule has 1 fully saturated rings. The van der Waals surface area contributed by atoms with Gasteiger partial charge in [-0.1, -0.05) is 0 Å². The van der Waals surface area contributed by atoms with Crippen molar-refractivity contribution in [3.63, 3.8) is 0 Å². The Hall–Kier alpha value is -1.98. The maximum atomic E-state index is 12.9. The van der Waals surface area contributed by atoms with Crippen LogP contribution in [0.1, 0.15) is 12.8 Å². The lowest BCUT2D eigenvalue weighted by atomic mass is 10.1. The number of hydrogen-bond donors (Lipinski definition) is 2. The number of benzene rings is 1. The molecule has 0 radical (unpaired) electrons. The van der Waals surface area contributed by atoms with Gasteiger partial charge in [-0.3, -0.25) is 4.98 Å². The zero-order chi connectivity index (χ0) is 13.7. The molecule has 0 spiro atoms. The number of fused-ring (bicyclic) bond motifs is 1. The molecule has 3 rings (SSSR count). The Morgan fingerprint density at radius 1 is 1.21 bits per heavy atom. The van der Waals surface area contributed by atoms with E-state index in [1.54, 1.807) is 24.3 Å². The smallest absolute Gasteiger partial charge is 0.399 e. The van der Waals surface area contributed by atoms with Gasteiger partial charge in [0.2, 0.25) is 0 Å². The summed E-state index contributed by atoms with van der Waals surface area (Å²) in [5.74, 6) is 0. The highest BCUT2D eigenvalue weighted by Crippen LogP contribution is 2.51. The maximum absolute atomic E-state index is 12.9. The van der Waals surface area contributed by atoms with Crippen molar-refractivity contribution in [3.8, 4) is 0 Å². The van der Waals surface area contributed by atoms with E-state index in [0.717, 1.165) is 0 Å². The van der Waals surface area contributed by atoms with Gasteiger partial charge in [-0.2, -0.15) is 13.2 Å². The van der Waals surface area contributed by atoms with Crippen LogP contribution >= 0.6 is 0 Å². The zero-order valence-corrected chi connectivity index (χ0v) is 9.96. The van der Waals surface area contributed by atoms with Gasteiger partial charge >= 0.3 is 6.18 Å². The Morgan fingerprint density at radius 3 is 2.58 bits per heavy atom. The van der Waals surface area contributed by atoms with Crippen LogP contribution in [0.15, 0.2) is 30.5 Å². The van der Waals surface area contributed by atoms with Crippen molar-refractivity contribution in [1.29, 1.82) is 0 Å². The van der Waals surface area contributed by atoms with Crippen LogP contribution in [-0.2, 0) is 0 Å². The third-order valence-electron chi connectivity index (χ3n) is 3.43. The lowest BCUT2D eigenvalue weighted by Gasteiger charge is -2.22. The van der Waals surface area contributed by atoms with Crippen LogP contribution in [0.3, 0.4) is 0 Å². The van der Waals surface area contributed by atoms with Crippen molar-refractivity contribution in [2.75, 3.05) is 11.1 Å². The number of hydrogen-bond acceptors (Lipinski definition) is 3. The normalized spacial score (nSPS) is 17.4. The van der Waals surface area contributed by atoms with Gasteiger partial charge in [-0.05, 0) is 37.1 Å². The molecule has 0 amide bonds. The average Bonchev–Trinajstić information content (AvgIpc) is 3.09. The Balaban J connectivity index is 2.03. The first kappa shape index (κ1) is 12.1. The summed E-state index contributed by atoms with van der Waals surface area (Å²) in [5.41, 5.74) is 5.43. The summed E-state index contributed by atoms with van der Waals surface area (Å²) in [5, 5.41) is 3.27. The first-order valence-electron chi connectivity index (χ1n) is 5.90. The molecule has 1 heterocycles. The van der Waals surface area contributed by atoms with Crippen molar-refractivity contribution in [1.82, 2.24) is 4.98 Å². The number of nitrogens with two attached hydrogens (primary N) is 1. The van der Waals surface area contributed by atoms with E-state index in [2.05, 4.69) is 10.3 Å². The fourth-order valence-electron chi connectivity index (χ4n) is 2.14. The van der Waals surface area contributed by atoms with Crippen LogP contribution in [0, 0.1) is 0 Å². The average molecular weight is 267 g/mol. The van der Waals surface area contributed by atoms with E-state index >= 15 is 0 Å². The predicted molar refractivity (Wildman–Crippen MR) is 67.8 cm³/mol. The molecule has 1 aliphatic rings. The number of nitrogen functional groups attached to an aromatic ring is 1. The molecule has 2 aromatic rings. The number of nitrogens with one attached hydrogen (secondary N) is 1. The molecule has 0 atom stereocenters. The van der Waals surface area contributed by atoms with E-state index in [9.17, 15) is 13.2 Å². The Kier molecular flexibility index (Phi) is 2.39. The SMILES string of the molecule is Nc1ccc2c(NC3(C(F)(F)F)CC3)ccnc2c1. The van der Waals surface area contributed by atoms with Crippen LogP contribution in [0.25, 0.3) is 10.9 Å². The summed E-state index contributed by atoms with van der Waals surface area (Å²) in [6.07, 6.45) is -2.54. The molecular formula is C13H12F3N3. The molecule has 1 aromatic carbocycles. The second kappa shape index (κ2) is 3.76. The first-order valence-corrected chi connectivity index (χ1v) is 5.90. The number of nitrogens with zero attached hydrogens (tertiary/aromatic N) is 1. The number of aromatic nitrogens is 1. The van der Waals surface area contributed by atoms with Gasteiger partial charge in [0.25, 0.3) is 0 Å². The number of alkyl halides is 3.